The fraction of sp³-hybridized carbons (Fsp3) is 0.533. The van der Waals surface area contributed by atoms with Crippen LogP contribution in [0.1, 0.15) is 25.7 Å². The Balaban J connectivity index is 1.87. The van der Waals surface area contributed by atoms with Gasteiger partial charge in [-0.05, 0) is 37.8 Å². The van der Waals surface area contributed by atoms with Crippen LogP contribution < -0.4 is 0 Å². The minimum atomic E-state index is 0.253. The van der Waals surface area contributed by atoms with Crippen LogP contribution in [-0.2, 0) is 4.79 Å². The SMILES string of the molecule is O=C(CSc1ccccc1)N1CCCCC1CCCl. The van der Waals surface area contributed by atoms with Gasteiger partial charge >= 0.3 is 0 Å². The van der Waals surface area contributed by atoms with Gasteiger partial charge in [0, 0.05) is 23.4 Å². The van der Waals surface area contributed by atoms with Crippen LogP contribution in [0.25, 0.3) is 0 Å². The number of benzene rings is 1. The molecule has 0 saturated carbocycles. The smallest absolute Gasteiger partial charge is 0.233 e. The van der Waals surface area contributed by atoms with E-state index in [-0.39, 0.29) is 5.91 Å². The van der Waals surface area contributed by atoms with E-state index in [9.17, 15) is 4.79 Å². The maximum Gasteiger partial charge on any atom is 0.233 e. The Hall–Kier alpha value is -0.670. The van der Waals surface area contributed by atoms with Crippen LogP contribution in [0, 0.1) is 0 Å². The van der Waals surface area contributed by atoms with Crippen LogP contribution in [0.4, 0.5) is 0 Å². The molecule has 0 bridgehead atoms. The van der Waals surface area contributed by atoms with Gasteiger partial charge < -0.3 is 4.90 Å². The van der Waals surface area contributed by atoms with Gasteiger partial charge in [0.25, 0.3) is 0 Å². The number of carbonyl (C=O) groups is 1. The molecule has 0 radical (unpaired) electrons. The molecule has 0 aliphatic carbocycles. The van der Waals surface area contributed by atoms with Gasteiger partial charge in [0.1, 0.15) is 0 Å². The zero-order chi connectivity index (χ0) is 13.5. The van der Waals surface area contributed by atoms with Crippen LogP contribution in [0.15, 0.2) is 35.2 Å². The minimum absolute atomic E-state index is 0.253. The number of amides is 1. The van der Waals surface area contributed by atoms with E-state index in [1.807, 2.05) is 35.2 Å². The van der Waals surface area contributed by atoms with Crippen molar-refractivity contribution in [2.75, 3.05) is 18.2 Å². The molecule has 2 rings (SSSR count). The maximum absolute atomic E-state index is 12.3. The number of piperidine rings is 1. The monoisotopic (exact) mass is 297 g/mol. The van der Waals surface area contributed by atoms with Crippen molar-refractivity contribution in [3.63, 3.8) is 0 Å². The molecule has 1 unspecified atom stereocenters. The zero-order valence-corrected chi connectivity index (χ0v) is 12.6. The number of likely N-dealkylation sites (tertiary alicyclic amines) is 1. The van der Waals surface area contributed by atoms with Crippen LogP contribution in [0.2, 0.25) is 0 Å². The predicted octanol–water partition coefficient (Wildman–Crippen LogP) is 3.79. The lowest BCUT2D eigenvalue weighted by molar-refractivity contribution is -0.131. The zero-order valence-electron chi connectivity index (χ0n) is 11.1. The topological polar surface area (TPSA) is 20.3 Å². The molecule has 104 valence electrons. The van der Waals surface area contributed by atoms with E-state index in [4.69, 9.17) is 11.6 Å². The molecular formula is C15H20ClNOS. The standard InChI is InChI=1S/C15H20ClNOS/c16-10-9-13-6-4-5-11-17(13)15(18)12-19-14-7-2-1-3-8-14/h1-3,7-8,13H,4-6,9-12H2. The lowest BCUT2D eigenvalue weighted by Gasteiger charge is -2.35. The van der Waals surface area contributed by atoms with Crippen molar-refractivity contribution >= 4 is 29.3 Å². The number of carbonyl (C=O) groups excluding carboxylic acids is 1. The first-order valence-corrected chi connectivity index (χ1v) is 8.36. The lowest BCUT2D eigenvalue weighted by Crippen LogP contribution is -2.44. The summed E-state index contributed by atoms with van der Waals surface area (Å²) in [4.78, 5) is 15.5. The quantitative estimate of drug-likeness (QED) is 0.609. The van der Waals surface area contributed by atoms with Gasteiger partial charge in [0.05, 0.1) is 5.75 Å². The number of thioether (sulfide) groups is 1. The average molecular weight is 298 g/mol. The molecule has 1 amide bonds. The normalized spacial score (nSPS) is 19.4. The van der Waals surface area contributed by atoms with Crippen LogP contribution >= 0.6 is 23.4 Å². The van der Waals surface area contributed by atoms with Crippen molar-refractivity contribution in [2.24, 2.45) is 0 Å². The summed E-state index contributed by atoms with van der Waals surface area (Å²) in [5.74, 6) is 1.42. The van der Waals surface area contributed by atoms with E-state index < -0.39 is 0 Å². The summed E-state index contributed by atoms with van der Waals surface area (Å²) in [6.45, 7) is 0.899. The molecule has 0 spiro atoms. The van der Waals surface area contributed by atoms with Gasteiger partial charge in [-0.25, -0.2) is 0 Å². The maximum atomic E-state index is 12.3. The average Bonchev–Trinajstić information content (AvgIpc) is 2.47. The van der Waals surface area contributed by atoms with E-state index in [2.05, 4.69) is 0 Å². The second-order valence-corrected chi connectivity index (χ2v) is 6.24. The highest BCUT2D eigenvalue weighted by Gasteiger charge is 2.25. The van der Waals surface area contributed by atoms with Crippen molar-refractivity contribution in [1.82, 2.24) is 4.90 Å². The minimum Gasteiger partial charge on any atom is -0.339 e. The Labute approximate surface area is 124 Å². The van der Waals surface area contributed by atoms with Crippen molar-refractivity contribution in [2.45, 2.75) is 36.6 Å². The van der Waals surface area contributed by atoms with Crippen LogP contribution in [0.3, 0.4) is 0 Å². The van der Waals surface area contributed by atoms with Gasteiger partial charge in [0.15, 0.2) is 0 Å². The second-order valence-electron chi connectivity index (χ2n) is 4.82. The third-order valence-electron chi connectivity index (χ3n) is 3.50. The summed E-state index contributed by atoms with van der Waals surface area (Å²) in [6.07, 6.45) is 4.37. The lowest BCUT2D eigenvalue weighted by atomic mass is 10.00. The number of halogens is 1. The van der Waals surface area contributed by atoms with Crippen molar-refractivity contribution in [3.05, 3.63) is 30.3 Å². The molecular weight excluding hydrogens is 278 g/mol. The number of hydrogen-bond acceptors (Lipinski definition) is 2. The Kier molecular flexibility index (Phi) is 6.05. The highest BCUT2D eigenvalue weighted by atomic mass is 35.5. The van der Waals surface area contributed by atoms with Crippen molar-refractivity contribution in [1.29, 1.82) is 0 Å². The van der Waals surface area contributed by atoms with Gasteiger partial charge in [-0.3, -0.25) is 4.79 Å². The number of alkyl halides is 1. The first-order valence-electron chi connectivity index (χ1n) is 6.84. The Bertz CT molecular complexity index is 396. The summed E-state index contributed by atoms with van der Waals surface area (Å²) >= 11 is 7.45. The van der Waals surface area contributed by atoms with E-state index in [0.29, 0.717) is 17.7 Å². The molecule has 0 aromatic heterocycles. The third-order valence-corrected chi connectivity index (χ3v) is 4.71. The Morgan fingerprint density at radius 3 is 2.84 bits per heavy atom. The first-order chi connectivity index (χ1) is 9.31. The van der Waals surface area contributed by atoms with Crippen LogP contribution in [0.5, 0.6) is 0 Å². The van der Waals surface area contributed by atoms with Gasteiger partial charge in [-0.2, -0.15) is 0 Å². The molecule has 1 aromatic carbocycles. The van der Waals surface area contributed by atoms with E-state index in [1.165, 1.54) is 6.42 Å². The first kappa shape index (κ1) is 14.7. The molecule has 1 saturated heterocycles. The number of rotatable bonds is 5. The molecule has 0 N–H and O–H groups in total. The third kappa shape index (κ3) is 4.43. The summed E-state index contributed by atoms with van der Waals surface area (Å²) < 4.78 is 0. The summed E-state index contributed by atoms with van der Waals surface area (Å²) in [6, 6.07) is 10.4. The summed E-state index contributed by atoms with van der Waals surface area (Å²) in [5.41, 5.74) is 0. The summed E-state index contributed by atoms with van der Waals surface area (Å²) in [5, 5.41) is 0. The fourth-order valence-electron chi connectivity index (χ4n) is 2.50. The van der Waals surface area contributed by atoms with E-state index in [1.54, 1.807) is 11.8 Å². The Morgan fingerprint density at radius 2 is 2.11 bits per heavy atom. The van der Waals surface area contributed by atoms with Crippen molar-refractivity contribution in [3.8, 4) is 0 Å². The molecule has 1 aliphatic heterocycles. The largest absolute Gasteiger partial charge is 0.339 e. The molecule has 1 fully saturated rings. The highest BCUT2D eigenvalue weighted by Crippen LogP contribution is 2.23. The van der Waals surface area contributed by atoms with Crippen molar-refractivity contribution < 1.29 is 4.79 Å². The molecule has 4 heteroatoms. The number of nitrogens with zero attached hydrogens (tertiary/aromatic N) is 1. The predicted molar refractivity (Wildman–Crippen MR) is 81.9 cm³/mol. The molecule has 1 aromatic rings. The van der Waals surface area contributed by atoms with Crippen LogP contribution in [-0.4, -0.2) is 35.0 Å². The molecule has 2 nitrogen and oxygen atoms in total. The Morgan fingerprint density at radius 1 is 1.32 bits per heavy atom. The molecule has 1 atom stereocenters. The van der Waals surface area contributed by atoms with Gasteiger partial charge in [-0.15, -0.1) is 23.4 Å². The number of hydrogen-bond donors (Lipinski definition) is 0. The second kappa shape index (κ2) is 7.81. The van der Waals surface area contributed by atoms with E-state index in [0.717, 1.165) is 30.7 Å². The highest BCUT2D eigenvalue weighted by molar-refractivity contribution is 8.00. The van der Waals surface area contributed by atoms with E-state index >= 15 is 0 Å². The fourth-order valence-corrected chi connectivity index (χ4v) is 3.56. The van der Waals surface area contributed by atoms with Gasteiger partial charge in [0.2, 0.25) is 5.91 Å². The summed E-state index contributed by atoms with van der Waals surface area (Å²) in [7, 11) is 0. The molecule has 19 heavy (non-hydrogen) atoms. The molecule has 1 heterocycles. The molecule has 1 aliphatic rings. The van der Waals surface area contributed by atoms with Gasteiger partial charge in [-0.1, -0.05) is 18.2 Å².